The number of nitrogen functional groups attached to an aromatic ring is 1. The van der Waals surface area contributed by atoms with Crippen LogP contribution in [0.1, 0.15) is 36.8 Å². The van der Waals surface area contributed by atoms with Crippen molar-refractivity contribution in [3.05, 3.63) is 84.1 Å². The molecule has 172 valence electrons. The minimum Gasteiger partial charge on any atom is -0.394 e. The number of benzene rings is 2. The van der Waals surface area contributed by atoms with Gasteiger partial charge in [0.25, 0.3) is 0 Å². The Balaban J connectivity index is 1.35. The van der Waals surface area contributed by atoms with Crippen LogP contribution < -0.4 is 16.0 Å². The van der Waals surface area contributed by atoms with Gasteiger partial charge in [0.2, 0.25) is 0 Å². The largest absolute Gasteiger partial charge is 0.394 e. The topological polar surface area (TPSA) is 72.6 Å². The number of rotatable bonds is 7. The van der Waals surface area contributed by atoms with Crippen LogP contribution in [0.3, 0.4) is 0 Å². The Morgan fingerprint density at radius 1 is 0.879 bits per heavy atom. The van der Waals surface area contributed by atoms with Crippen molar-refractivity contribution in [2.24, 2.45) is 0 Å². The lowest BCUT2D eigenvalue weighted by molar-refractivity contribution is -0.177. The first kappa shape index (κ1) is 21.7. The summed E-state index contributed by atoms with van der Waals surface area (Å²) in [6.45, 7) is 2.88. The van der Waals surface area contributed by atoms with Gasteiger partial charge in [-0.25, -0.2) is 4.98 Å². The molecule has 2 heterocycles. The summed E-state index contributed by atoms with van der Waals surface area (Å²) in [5.74, 6) is 0.456. The number of nitrogens with zero attached hydrogens (tertiary/aromatic N) is 2. The Labute approximate surface area is 195 Å². The fourth-order valence-corrected chi connectivity index (χ4v) is 4.86. The zero-order valence-corrected chi connectivity index (χ0v) is 19.0. The van der Waals surface area contributed by atoms with Gasteiger partial charge >= 0.3 is 0 Å². The highest BCUT2D eigenvalue weighted by molar-refractivity contribution is 5.78. The maximum atomic E-state index is 6.71. The van der Waals surface area contributed by atoms with Crippen molar-refractivity contribution < 1.29 is 9.47 Å². The average molecular weight is 445 g/mol. The Hall–Kier alpha value is -3.09. The normalized spacial score (nSPS) is 17.8. The first-order valence-electron chi connectivity index (χ1n) is 11.8. The molecule has 1 saturated heterocycles. The van der Waals surface area contributed by atoms with Crippen molar-refractivity contribution in [3.8, 4) is 0 Å². The van der Waals surface area contributed by atoms with E-state index in [0.717, 1.165) is 50.3 Å². The molecule has 6 heteroatoms. The van der Waals surface area contributed by atoms with Crippen LogP contribution in [-0.4, -0.2) is 30.0 Å². The number of anilines is 3. The molecular formula is C27H32N4O2. The second-order valence-electron chi connectivity index (χ2n) is 8.95. The second kappa shape index (κ2) is 9.81. The van der Waals surface area contributed by atoms with E-state index in [9.17, 15) is 0 Å². The molecule has 5 rings (SSSR count). The highest BCUT2D eigenvalue weighted by Gasteiger charge is 2.40. The minimum absolute atomic E-state index is 0.345. The van der Waals surface area contributed by atoms with Crippen LogP contribution in [0.25, 0.3) is 0 Å². The summed E-state index contributed by atoms with van der Waals surface area (Å²) >= 11 is 0. The van der Waals surface area contributed by atoms with Crippen LogP contribution in [-0.2, 0) is 22.6 Å². The van der Waals surface area contributed by atoms with Gasteiger partial charge in [0.05, 0.1) is 24.6 Å². The summed E-state index contributed by atoms with van der Waals surface area (Å²) in [6.07, 6.45) is 5.67. The molecule has 2 aromatic carbocycles. The molecule has 2 fully saturated rings. The van der Waals surface area contributed by atoms with Crippen molar-refractivity contribution in [1.29, 1.82) is 0 Å². The molecule has 0 atom stereocenters. The van der Waals surface area contributed by atoms with Gasteiger partial charge in [-0.15, -0.1) is 0 Å². The molecule has 1 spiro atoms. The van der Waals surface area contributed by atoms with E-state index < -0.39 is 0 Å². The van der Waals surface area contributed by atoms with Gasteiger partial charge in [0, 0.05) is 38.2 Å². The molecule has 1 aromatic heterocycles. The number of nitrogens with one attached hydrogen (secondary N) is 1. The molecule has 6 nitrogen and oxygen atoms in total. The van der Waals surface area contributed by atoms with E-state index in [2.05, 4.69) is 58.7 Å². The fourth-order valence-electron chi connectivity index (χ4n) is 4.86. The molecule has 0 radical (unpaired) electrons. The Morgan fingerprint density at radius 3 is 2.03 bits per heavy atom. The number of aromatic nitrogens is 1. The lowest BCUT2D eigenvalue weighted by Gasteiger charge is -2.36. The smallest absolute Gasteiger partial charge is 0.168 e. The quantitative estimate of drug-likeness (QED) is 0.536. The molecule has 1 saturated carbocycles. The number of ether oxygens (including phenoxy) is 2. The molecule has 0 bridgehead atoms. The number of nitrogens with two attached hydrogens (primary N) is 1. The van der Waals surface area contributed by atoms with Crippen LogP contribution in [0.15, 0.2) is 72.9 Å². The molecule has 3 N–H and O–H groups in total. The van der Waals surface area contributed by atoms with Crippen molar-refractivity contribution in [3.63, 3.8) is 0 Å². The summed E-state index contributed by atoms with van der Waals surface area (Å²) in [7, 11) is 0. The van der Waals surface area contributed by atoms with E-state index in [1.807, 2.05) is 24.4 Å². The van der Waals surface area contributed by atoms with Gasteiger partial charge in [0.1, 0.15) is 0 Å². The van der Waals surface area contributed by atoms with Crippen molar-refractivity contribution in [1.82, 2.24) is 4.98 Å². The average Bonchev–Trinajstić information content (AvgIpc) is 3.31. The lowest BCUT2D eigenvalue weighted by atomic mass is 9.90. The maximum Gasteiger partial charge on any atom is 0.168 e. The van der Waals surface area contributed by atoms with Crippen LogP contribution in [0.4, 0.5) is 17.2 Å². The van der Waals surface area contributed by atoms with Crippen LogP contribution >= 0.6 is 0 Å². The Kier molecular flexibility index (Phi) is 6.46. The predicted molar refractivity (Wildman–Crippen MR) is 132 cm³/mol. The van der Waals surface area contributed by atoms with Crippen molar-refractivity contribution in [2.75, 3.05) is 29.2 Å². The van der Waals surface area contributed by atoms with E-state index in [1.165, 1.54) is 11.1 Å². The third-order valence-corrected chi connectivity index (χ3v) is 6.62. The third-order valence-electron chi connectivity index (χ3n) is 6.62. The van der Waals surface area contributed by atoms with E-state index in [1.54, 1.807) is 0 Å². The van der Waals surface area contributed by atoms with E-state index in [0.29, 0.717) is 24.9 Å². The molecule has 3 aromatic rings. The van der Waals surface area contributed by atoms with Gasteiger partial charge in [-0.3, -0.25) is 0 Å². The zero-order chi connectivity index (χ0) is 22.5. The van der Waals surface area contributed by atoms with Crippen molar-refractivity contribution in [2.45, 2.75) is 50.6 Å². The van der Waals surface area contributed by atoms with Crippen molar-refractivity contribution >= 4 is 17.2 Å². The highest BCUT2D eigenvalue weighted by Crippen LogP contribution is 2.38. The SMILES string of the molecule is Nc1c(NC2CCC3(CC2)OCCO3)ccnc1N(Cc1ccccc1)Cc1ccccc1. The molecule has 33 heavy (non-hydrogen) atoms. The molecule has 1 aliphatic carbocycles. The minimum atomic E-state index is -0.352. The third kappa shape index (κ3) is 5.13. The zero-order valence-electron chi connectivity index (χ0n) is 19.0. The monoisotopic (exact) mass is 444 g/mol. The number of pyridine rings is 1. The van der Waals surface area contributed by atoms with Crippen LogP contribution in [0.2, 0.25) is 0 Å². The van der Waals surface area contributed by atoms with Gasteiger partial charge < -0.3 is 25.4 Å². The van der Waals surface area contributed by atoms with Gasteiger partial charge in [-0.1, -0.05) is 60.7 Å². The molecule has 2 aliphatic rings. The maximum absolute atomic E-state index is 6.71. The Bertz CT molecular complexity index is 987. The van der Waals surface area contributed by atoms with Gasteiger partial charge in [-0.05, 0) is 30.0 Å². The van der Waals surface area contributed by atoms with Crippen LogP contribution in [0.5, 0.6) is 0 Å². The molecular weight excluding hydrogens is 412 g/mol. The molecule has 0 amide bonds. The molecule has 0 unspecified atom stereocenters. The summed E-state index contributed by atoms with van der Waals surface area (Å²) in [5, 5.41) is 3.68. The predicted octanol–water partition coefficient (Wildman–Crippen LogP) is 4.97. The number of hydrogen-bond acceptors (Lipinski definition) is 6. The molecule has 1 aliphatic heterocycles. The summed E-state index contributed by atoms with van der Waals surface area (Å²) in [4.78, 5) is 6.95. The summed E-state index contributed by atoms with van der Waals surface area (Å²) in [6, 6.07) is 23.2. The van der Waals surface area contributed by atoms with Crippen LogP contribution in [0, 0.1) is 0 Å². The van der Waals surface area contributed by atoms with E-state index >= 15 is 0 Å². The van der Waals surface area contributed by atoms with Gasteiger partial charge in [-0.2, -0.15) is 0 Å². The second-order valence-corrected chi connectivity index (χ2v) is 8.95. The van der Waals surface area contributed by atoms with E-state index in [-0.39, 0.29) is 5.79 Å². The first-order chi connectivity index (χ1) is 16.2. The fraction of sp³-hybridized carbons (Fsp3) is 0.370. The standard InChI is InChI=1S/C27H32N4O2/c28-25-24(30-23-11-14-27(15-12-23)32-17-18-33-27)13-16-29-26(25)31(19-21-7-3-1-4-8-21)20-22-9-5-2-6-10-22/h1-10,13,16,23H,11-12,14-15,17-20,28H2,(H,29,30). The summed E-state index contributed by atoms with van der Waals surface area (Å²) in [5.41, 5.74) is 10.8. The van der Waals surface area contributed by atoms with Gasteiger partial charge in [0.15, 0.2) is 11.6 Å². The lowest BCUT2D eigenvalue weighted by Crippen LogP contribution is -2.39. The summed E-state index contributed by atoms with van der Waals surface area (Å²) < 4.78 is 11.8. The first-order valence-corrected chi connectivity index (χ1v) is 11.8. The highest BCUT2D eigenvalue weighted by atomic mass is 16.7. The Morgan fingerprint density at radius 2 is 1.45 bits per heavy atom. The number of hydrogen-bond donors (Lipinski definition) is 2. The van der Waals surface area contributed by atoms with E-state index in [4.69, 9.17) is 20.2 Å².